The second-order valence-electron chi connectivity index (χ2n) is 3.45. The fraction of sp³-hybridized carbons (Fsp3) is 0. The summed E-state index contributed by atoms with van der Waals surface area (Å²) >= 11 is 3.12. The molecule has 0 saturated carbocycles. The first-order valence-electron chi connectivity index (χ1n) is 4.86. The molecule has 0 radical (unpaired) electrons. The Morgan fingerprint density at radius 1 is 1.37 bits per heavy atom. The molecule has 19 heavy (non-hydrogen) atoms. The molecule has 8 nitrogen and oxygen atoms in total. The molecule has 0 aliphatic rings. The van der Waals surface area contributed by atoms with Gasteiger partial charge < -0.3 is 0 Å². The van der Waals surface area contributed by atoms with E-state index in [4.69, 9.17) is 0 Å². The van der Waals surface area contributed by atoms with E-state index in [1.807, 2.05) is 0 Å². The summed E-state index contributed by atoms with van der Waals surface area (Å²) in [7, 11) is -3.86. The van der Waals surface area contributed by atoms with Gasteiger partial charge in [-0.2, -0.15) is 13.5 Å². The van der Waals surface area contributed by atoms with Gasteiger partial charge in [-0.05, 0) is 28.1 Å². The van der Waals surface area contributed by atoms with Gasteiger partial charge in [0, 0.05) is 16.6 Å². The fourth-order valence-electron chi connectivity index (χ4n) is 1.30. The van der Waals surface area contributed by atoms with E-state index in [0.717, 1.165) is 6.07 Å². The number of nitro benzene ring substituents is 1. The quantitative estimate of drug-likeness (QED) is 0.647. The molecule has 0 saturated heterocycles. The highest BCUT2D eigenvalue weighted by atomic mass is 79.9. The molecule has 2 N–H and O–H groups in total. The summed E-state index contributed by atoms with van der Waals surface area (Å²) in [5.41, 5.74) is -0.144. The van der Waals surface area contributed by atoms with Crippen LogP contribution in [0.25, 0.3) is 0 Å². The van der Waals surface area contributed by atoms with E-state index >= 15 is 0 Å². The Hall–Kier alpha value is -1.94. The Bertz CT molecular complexity index is 714. The Morgan fingerprint density at radius 2 is 2.11 bits per heavy atom. The van der Waals surface area contributed by atoms with Crippen molar-refractivity contribution in [1.82, 2.24) is 10.2 Å². The number of benzene rings is 1. The van der Waals surface area contributed by atoms with Gasteiger partial charge in [0.05, 0.1) is 16.8 Å². The zero-order valence-corrected chi connectivity index (χ0v) is 11.6. The SMILES string of the molecule is O=[N+]([O-])c1ccc(Br)c(NS(=O)(=O)c2ccn[nH]2)c1. The number of sulfonamides is 1. The predicted molar refractivity (Wildman–Crippen MR) is 70.2 cm³/mol. The van der Waals surface area contributed by atoms with Crippen molar-refractivity contribution in [1.29, 1.82) is 0 Å². The first-order valence-corrected chi connectivity index (χ1v) is 7.14. The summed E-state index contributed by atoms with van der Waals surface area (Å²) in [6.45, 7) is 0. The first-order chi connectivity index (χ1) is 8.90. The van der Waals surface area contributed by atoms with E-state index in [-0.39, 0.29) is 16.4 Å². The van der Waals surface area contributed by atoms with Gasteiger partial charge in [0.15, 0.2) is 5.03 Å². The number of nitrogens with zero attached hydrogens (tertiary/aromatic N) is 2. The van der Waals surface area contributed by atoms with Crippen molar-refractivity contribution < 1.29 is 13.3 Å². The lowest BCUT2D eigenvalue weighted by Gasteiger charge is -2.07. The van der Waals surface area contributed by atoms with Crippen molar-refractivity contribution in [3.05, 3.63) is 45.0 Å². The summed E-state index contributed by atoms with van der Waals surface area (Å²) in [5, 5.41) is 16.4. The molecule has 2 aromatic rings. The molecule has 10 heteroatoms. The standard InChI is InChI=1S/C9H7BrN4O4S/c10-7-2-1-6(14(15)16)5-8(7)13-19(17,18)9-3-4-11-12-9/h1-5,13H,(H,11,12). The highest BCUT2D eigenvalue weighted by Gasteiger charge is 2.18. The second kappa shape index (κ2) is 4.97. The number of halogens is 1. The molecule has 0 aliphatic heterocycles. The summed E-state index contributed by atoms with van der Waals surface area (Å²) in [4.78, 5) is 10.0. The van der Waals surface area contributed by atoms with Crippen molar-refractivity contribution in [2.45, 2.75) is 5.03 Å². The number of anilines is 1. The fourth-order valence-corrected chi connectivity index (χ4v) is 2.76. The minimum Gasteiger partial charge on any atom is -0.277 e. The first kappa shape index (κ1) is 13.5. The number of hydrogen-bond acceptors (Lipinski definition) is 5. The van der Waals surface area contributed by atoms with Gasteiger partial charge in [-0.15, -0.1) is 0 Å². The van der Waals surface area contributed by atoms with Crippen LogP contribution in [0, 0.1) is 10.1 Å². The zero-order chi connectivity index (χ0) is 14.0. The van der Waals surface area contributed by atoms with Crippen LogP contribution in [0.5, 0.6) is 0 Å². The molecule has 1 heterocycles. The largest absolute Gasteiger partial charge is 0.278 e. The van der Waals surface area contributed by atoms with Gasteiger partial charge in [-0.3, -0.25) is 19.9 Å². The lowest BCUT2D eigenvalue weighted by Crippen LogP contribution is -2.14. The zero-order valence-electron chi connectivity index (χ0n) is 9.20. The van der Waals surface area contributed by atoms with Crippen LogP contribution in [0.1, 0.15) is 0 Å². The molecule has 2 rings (SSSR count). The normalized spacial score (nSPS) is 11.2. The number of hydrogen-bond donors (Lipinski definition) is 2. The molecule has 1 aromatic carbocycles. The van der Waals surface area contributed by atoms with Gasteiger partial charge in [0.2, 0.25) is 0 Å². The van der Waals surface area contributed by atoms with E-state index in [2.05, 4.69) is 30.8 Å². The average Bonchev–Trinajstić information content (AvgIpc) is 2.85. The smallest absolute Gasteiger partial charge is 0.277 e. The Kier molecular flexibility index (Phi) is 3.53. The third-order valence-corrected chi connectivity index (χ3v) is 4.16. The molecule has 100 valence electrons. The summed E-state index contributed by atoms with van der Waals surface area (Å²) in [6.07, 6.45) is 1.29. The highest BCUT2D eigenvalue weighted by molar-refractivity contribution is 9.10. The maximum absolute atomic E-state index is 11.9. The lowest BCUT2D eigenvalue weighted by molar-refractivity contribution is -0.384. The minimum absolute atomic E-state index is 0.0730. The van der Waals surface area contributed by atoms with Crippen LogP contribution in [0.15, 0.2) is 40.0 Å². The topological polar surface area (TPSA) is 118 Å². The van der Waals surface area contributed by atoms with Gasteiger partial charge in [-0.25, -0.2) is 0 Å². The monoisotopic (exact) mass is 346 g/mol. The third-order valence-electron chi connectivity index (χ3n) is 2.17. The van der Waals surface area contributed by atoms with E-state index in [9.17, 15) is 18.5 Å². The van der Waals surface area contributed by atoms with Crippen molar-refractivity contribution in [2.24, 2.45) is 0 Å². The molecule has 0 bridgehead atoms. The molecule has 0 unspecified atom stereocenters. The van der Waals surface area contributed by atoms with Gasteiger partial charge >= 0.3 is 0 Å². The summed E-state index contributed by atoms with van der Waals surface area (Å²) < 4.78 is 26.5. The lowest BCUT2D eigenvalue weighted by atomic mass is 10.3. The Morgan fingerprint density at radius 3 is 2.68 bits per heavy atom. The van der Waals surface area contributed by atoms with E-state index in [0.29, 0.717) is 4.47 Å². The van der Waals surface area contributed by atoms with Crippen LogP contribution < -0.4 is 4.72 Å². The van der Waals surface area contributed by atoms with Crippen molar-refractivity contribution in [2.75, 3.05) is 4.72 Å². The van der Waals surface area contributed by atoms with Crippen LogP contribution in [-0.2, 0) is 10.0 Å². The van der Waals surface area contributed by atoms with Crippen molar-refractivity contribution >= 4 is 37.3 Å². The van der Waals surface area contributed by atoms with Crippen LogP contribution in [0.4, 0.5) is 11.4 Å². The number of aromatic amines is 1. The van der Waals surface area contributed by atoms with Gasteiger partial charge in [-0.1, -0.05) is 0 Å². The average molecular weight is 347 g/mol. The minimum atomic E-state index is -3.86. The molecular weight excluding hydrogens is 340 g/mol. The molecule has 1 aromatic heterocycles. The summed E-state index contributed by atoms with van der Waals surface area (Å²) in [6, 6.07) is 5.05. The number of rotatable bonds is 4. The van der Waals surface area contributed by atoms with Crippen LogP contribution in [-0.4, -0.2) is 23.5 Å². The van der Waals surface area contributed by atoms with Crippen LogP contribution in [0.2, 0.25) is 0 Å². The molecule has 0 fully saturated rings. The molecule has 0 aliphatic carbocycles. The van der Waals surface area contributed by atoms with Crippen molar-refractivity contribution in [3.8, 4) is 0 Å². The van der Waals surface area contributed by atoms with E-state index in [1.54, 1.807) is 0 Å². The molecule has 0 atom stereocenters. The number of H-pyrrole nitrogens is 1. The van der Waals surface area contributed by atoms with Crippen LogP contribution in [0.3, 0.4) is 0 Å². The number of aromatic nitrogens is 2. The Balaban J connectivity index is 2.39. The maximum Gasteiger partial charge on any atom is 0.278 e. The number of nitrogens with one attached hydrogen (secondary N) is 2. The van der Waals surface area contributed by atoms with Gasteiger partial charge in [0.25, 0.3) is 15.7 Å². The van der Waals surface area contributed by atoms with Crippen LogP contribution >= 0.6 is 15.9 Å². The molecule has 0 spiro atoms. The second-order valence-corrected chi connectivity index (χ2v) is 5.95. The highest BCUT2D eigenvalue weighted by Crippen LogP contribution is 2.28. The predicted octanol–water partition coefficient (Wildman–Crippen LogP) is 1.88. The van der Waals surface area contributed by atoms with Crippen molar-refractivity contribution in [3.63, 3.8) is 0 Å². The third kappa shape index (κ3) is 2.90. The van der Waals surface area contributed by atoms with E-state index in [1.165, 1.54) is 24.4 Å². The maximum atomic E-state index is 11.9. The number of nitro groups is 1. The molecular formula is C9H7BrN4O4S. The molecule has 0 amide bonds. The number of non-ortho nitro benzene ring substituents is 1. The van der Waals surface area contributed by atoms with E-state index < -0.39 is 14.9 Å². The Labute approximate surface area is 116 Å². The van der Waals surface area contributed by atoms with Gasteiger partial charge in [0.1, 0.15) is 0 Å². The summed E-state index contributed by atoms with van der Waals surface area (Å²) in [5.74, 6) is 0.